The molecule has 1 N–H and O–H groups in total. The van der Waals surface area contributed by atoms with E-state index in [1.54, 1.807) is 22.9 Å². The number of nitrogens with one attached hydrogen (secondary N) is 1. The monoisotopic (exact) mass is 576 g/mol. The van der Waals surface area contributed by atoms with Crippen molar-refractivity contribution in [3.8, 4) is 11.5 Å². The Kier molecular flexibility index (Phi) is 6.55. The number of hydrogen-bond donors (Lipinski definition) is 1. The lowest BCUT2D eigenvalue weighted by Gasteiger charge is -2.39. The third kappa shape index (κ3) is 5.23. The summed E-state index contributed by atoms with van der Waals surface area (Å²) in [7, 11) is 1.81. The molecule has 0 aliphatic carbocycles. The van der Waals surface area contributed by atoms with E-state index in [1.807, 2.05) is 32.2 Å². The van der Waals surface area contributed by atoms with Crippen LogP contribution in [0.15, 0.2) is 61.3 Å². The van der Waals surface area contributed by atoms with Gasteiger partial charge in [0.15, 0.2) is 11.6 Å². The van der Waals surface area contributed by atoms with E-state index in [1.165, 1.54) is 12.5 Å². The predicted molar refractivity (Wildman–Crippen MR) is 147 cm³/mol. The molecule has 15 heteroatoms. The fourth-order valence-corrected chi connectivity index (χ4v) is 4.63. The molecule has 0 spiro atoms. The number of alkyl halides is 2. The molecule has 0 unspecified atom stereocenters. The number of halogens is 3. The van der Waals surface area contributed by atoms with Crippen LogP contribution in [0.1, 0.15) is 5.56 Å². The molecule has 12 nitrogen and oxygen atoms in total. The van der Waals surface area contributed by atoms with Crippen molar-refractivity contribution >= 4 is 45.4 Å². The van der Waals surface area contributed by atoms with Gasteiger partial charge in [-0.3, -0.25) is 4.79 Å². The molecule has 1 fully saturated rings. The van der Waals surface area contributed by atoms with E-state index in [2.05, 4.69) is 42.1 Å². The Morgan fingerprint density at radius 3 is 2.71 bits per heavy atom. The molecule has 42 heavy (non-hydrogen) atoms. The molecule has 1 amide bonds. The summed E-state index contributed by atoms with van der Waals surface area (Å²) in [5, 5.41) is 11.3. The molecular weight excluding hydrogens is 553 g/mol. The van der Waals surface area contributed by atoms with Gasteiger partial charge in [0.05, 0.1) is 31.5 Å². The van der Waals surface area contributed by atoms with Crippen LogP contribution in [0.5, 0.6) is 11.5 Å². The first-order chi connectivity index (χ1) is 20.1. The van der Waals surface area contributed by atoms with E-state index in [-0.39, 0.29) is 18.1 Å². The molecule has 1 aliphatic heterocycles. The van der Waals surface area contributed by atoms with Gasteiger partial charge in [-0.25, -0.2) is 37.8 Å². The Bertz CT molecular complexity index is 1860. The summed E-state index contributed by atoms with van der Waals surface area (Å²) in [5.74, 6) is -4.43. The molecular formula is C27H23F3N10O2. The maximum absolute atomic E-state index is 14.5. The predicted octanol–water partition coefficient (Wildman–Crippen LogP) is 4.27. The Morgan fingerprint density at radius 1 is 1.10 bits per heavy atom. The van der Waals surface area contributed by atoms with Crippen LogP contribution in [0.2, 0.25) is 0 Å². The zero-order valence-electron chi connectivity index (χ0n) is 22.4. The largest absolute Gasteiger partial charge is 0.457 e. The van der Waals surface area contributed by atoms with Crippen molar-refractivity contribution < 1.29 is 22.7 Å². The molecule has 2 aromatic carbocycles. The Balaban J connectivity index is 1.25. The van der Waals surface area contributed by atoms with Gasteiger partial charge < -0.3 is 19.9 Å². The lowest BCUT2D eigenvalue weighted by molar-refractivity contribution is -0.137. The molecule has 3 aromatic heterocycles. The number of benzene rings is 2. The van der Waals surface area contributed by atoms with Crippen molar-refractivity contribution in [2.45, 2.75) is 12.8 Å². The highest BCUT2D eigenvalue weighted by Gasteiger charge is 2.42. The second-order valence-electron chi connectivity index (χ2n) is 9.80. The number of carbonyl (C=O) groups is 1. The van der Waals surface area contributed by atoms with Gasteiger partial charge in [0.1, 0.15) is 34.4 Å². The molecule has 1 aliphatic rings. The summed E-state index contributed by atoms with van der Waals surface area (Å²) in [6.07, 6.45) is 2.69. The van der Waals surface area contributed by atoms with Crippen molar-refractivity contribution in [1.82, 2.24) is 39.8 Å². The van der Waals surface area contributed by atoms with Gasteiger partial charge >= 0.3 is 0 Å². The van der Waals surface area contributed by atoms with Crippen molar-refractivity contribution in [2.24, 2.45) is 7.05 Å². The Hall–Kier alpha value is -5.34. The normalized spacial score (nSPS) is 14.8. The lowest BCUT2D eigenvalue weighted by atomic mass is 10.2. The third-order valence-corrected chi connectivity index (χ3v) is 6.60. The summed E-state index contributed by atoms with van der Waals surface area (Å²) in [6, 6.07) is 11.0. The van der Waals surface area contributed by atoms with Crippen molar-refractivity contribution in [3.05, 3.63) is 66.9 Å². The topological polar surface area (TPSA) is 127 Å². The summed E-state index contributed by atoms with van der Waals surface area (Å²) in [5.41, 5.74) is 3.70. The molecule has 0 radical (unpaired) electrons. The zero-order chi connectivity index (χ0) is 29.6. The molecule has 6 rings (SSSR count). The highest BCUT2D eigenvalue weighted by atomic mass is 19.3. The first-order valence-corrected chi connectivity index (χ1v) is 12.7. The first kappa shape index (κ1) is 26.9. The standard InChI is InChI=1S/C27H23F3N10O2/c1-15-8-17(4-7-22(15)42-18-5-6-21-19(9-18)36-37-38(21)3)34-24-23-20(32-13-33-24)10-31-26(35-23)40-12-27(29,30)11-39(14-40)25(41)16(2)28/h4-10,13H,2,11-12,14H2,1,3H3,(H,32,33,34). The van der Waals surface area contributed by atoms with Crippen LogP contribution in [0.25, 0.3) is 22.1 Å². The van der Waals surface area contributed by atoms with Gasteiger partial charge in [0.25, 0.3) is 11.8 Å². The van der Waals surface area contributed by atoms with Crippen LogP contribution in [-0.2, 0) is 11.8 Å². The summed E-state index contributed by atoms with van der Waals surface area (Å²) >= 11 is 0. The van der Waals surface area contributed by atoms with Crippen LogP contribution in [0, 0.1) is 6.92 Å². The average Bonchev–Trinajstić information content (AvgIpc) is 3.32. The van der Waals surface area contributed by atoms with Crippen LogP contribution in [0.4, 0.5) is 30.6 Å². The molecule has 4 heterocycles. The number of aryl methyl sites for hydroxylation is 2. The Morgan fingerprint density at radius 2 is 1.93 bits per heavy atom. The third-order valence-electron chi connectivity index (χ3n) is 6.60. The molecule has 0 bridgehead atoms. The average molecular weight is 577 g/mol. The van der Waals surface area contributed by atoms with E-state index in [0.717, 1.165) is 16.0 Å². The van der Waals surface area contributed by atoms with Gasteiger partial charge in [-0.05, 0) is 42.8 Å². The number of nitrogens with zero attached hydrogens (tertiary/aromatic N) is 9. The summed E-state index contributed by atoms with van der Waals surface area (Å²) < 4.78 is 50.1. The van der Waals surface area contributed by atoms with E-state index in [9.17, 15) is 18.0 Å². The van der Waals surface area contributed by atoms with E-state index < -0.39 is 30.7 Å². The van der Waals surface area contributed by atoms with Crippen LogP contribution < -0.4 is 15.0 Å². The van der Waals surface area contributed by atoms with Gasteiger partial charge in [0.2, 0.25) is 5.95 Å². The van der Waals surface area contributed by atoms with Crippen molar-refractivity contribution in [3.63, 3.8) is 0 Å². The highest BCUT2D eigenvalue weighted by molar-refractivity contribution is 5.91. The maximum Gasteiger partial charge on any atom is 0.283 e. The van der Waals surface area contributed by atoms with E-state index in [0.29, 0.717) is 38.9 Å². The number of amides is 1. The second-order valence-corrected chi connectivity index (χ2v) is 9.80. The quantitative estimate of drug-likeness (QED) is 0.293. The van der Waals surface area contributed by atoms with E-state index in [4.69, 9.17) is 4.74 Å². The second kappa shape index (κ2) is 10.2. The maximum atomic E-state index is 14.5. The first-order valence-electron chi connectivity index (χ1n) is 12.7. The number of rotatable bonds is 6. The van der Waals surface area contributed by atoms with Gasteiger partial charge in [-0.15, -0.1) is 5.10 Å². The number of aromatic nitrogens is 7. The molecule has 5 aromatic rings. The highest BCUT2D eigenvalue weighted by Crippen LogP contribution is 2.32. The molecule has 0 saturated carbocycles. The van der Waals surface area contributed by atoms with Gasteiger partial charge in [-0.2, -0.15) is 0 Å². The number of ether oxygens (including phenoxy) is 1. The minimum atomic E-state index is -3.32. The SMILES string of the molecule is C=C(F)C(=O)N1CN(c2ncc3ncnc(Nc4ccc(Oc5ccc6c(c5)nnn6C)c(C)c4)c3n2)CC(F)(F)C1. The Labute approximate surface area is 236 Å². The summed E-state index contributed by atoms with van der Waals surface area (Å²) in [6.45, 7) is 2.76. The van der Waals surface area contributed by atoms with Crippen LogP contribution in [-0.4, -0.2) is 71.4 Å². The van der Waals surface area contributed by atoms with Crippen LogP contribution in [0.3, 0.4) is 0 Å². The van der Waals surface area contributed by atoms with E-state index >= 15 is 0 Å². The fourth-order valence-electron chi connectivity index (χ4n) is 4.63. The minimum absolute atomic E-state index is 0.0954. The molecule has 214 valence electrons. The smallest absolute Gasteiger partial charge is 0.283 e. The van der Waals surface area contributed by atoms with Crippen molar-refractivity contribution in [1.29, 1.82) is 0 Å². The van der Waals surface area contributed by atoms with Crippen molar-refractivity contribution in [2.75, 3.05) is 30.0 Å². The number of fused-ring (bicyclic) bond motifs is 2. The zero-order valence-corrected chi connectivity index (χ0v) is 22.4. The van der Waals surface area contributed by atoms with Gasteiger partial charge in [-0.1, -0.05) is 11.8 Å². The number of carbonyl (C=O) groups excluding carboxylic acids is 1. The van der Waals surface area contributed by atoms with Crippen LogP contribution >= 0.6 is 0 Å². The number of anilines is 3. The lowest BCUT2D eigenvalue weighted by Crippen LogP contribution is -2.58. The minimum Gasteiger partial charge on any atom is -0.457 e. The number of hydrogen-bond acceptors (Lipinski definition) is 10. The molecule has 0 atom stereocenters. The molecule has 1 saturated heterocycles. The fraction of sp³-hybridized carbons (Fsp3) is 0.222. The van der Waals surface area contributed by atoms with Gasteiger partial charge in [0, 0.05) is 18.8 Å². The summed E-state index contributed by atoms with van der Waals surface area (Å²) in [4.78, 5) is 30.8.